The van der Waals surface area contributed by atoms with Crippen LogP contribution in [0.4, 0.5) is 0 Å². The fourth-order valence-corrected chi connectivity index (χ4v) is 5.19. The zero-order chi connectivity index (χ0) is 21.5. The van der Waals surface area contributed by atoms with E-state index in [4.69, 9.17) is 4.74 Å². The molecule has 0 bridgehead atoms. The zero-order valence-electron chi connectivity index (χ0n) is 19.8. The molecule has 0 aliphatic carbocycles. The SMILES string of the molecule is CCc1cccc(CC)c1C(OC[C@H]1CCCN(C)C1)c1c(CC)cccc1CC. The molecule has 0 N–H and O–H groups in total. The third-order valence-electron chi connectivity index (χ3n) is 6.84. The maximum Gasteiger partial charge on any atom is 0.109 e. The van der Waals surface area contributed by atoms with E-state index < -0.39 is 0 Å². The number of benzene rings is 2. The largest absolute Gasteiger partial charge is 0.368 e. The van der Waals surface area contributed by atoms with E-state index in [2.05, 4.69) is 76.0 Å². The molecule has 30 heavy (non-hydrogen) atoms. The second-order valence-corrected chi connectivity index (χ2v) is 8.88. The van der Waals surface area contributed by atoms with Crippen molar-refractivity contribution in [2.45, 2.75) is 72.3 Å². The van der Waals surface area contributed by atoms with E-state index in [1.165, 1.54) is 52.8 Å². The van der Waals surface area contributed by atoms with Crippen LogP contribution in [0.25, 0.3) is 0 Å². The smallest absolute Gasteiger partial charge is 0.109 e. The predicted molar refractivity (Wildman–Crippen MR) is 128 cm³/mol. The number of hydrogen-bond donors (Lipinski definition) is 0. The van der Waals surface area contributed by atoms with Gasteiger partial charge in [-0.15, -0.1) is 0 Å². The Bertz CT molecular complexity index is 712. The predicted octanol–water partition coefficient (Wildman–Crippen LogP) is 6.38. The third-order valence-corrected chi connectivity index (χ3v) is 6.84. The second kappa shape index (κ2) is 11.1. The van der Waals surface area contributed by atoms with Crippen molar-refractivity contribution in [2.75, 3.05) is 26.7 Å². The van der Waals surface area contributed by atoms with E-state index in [0.717, 1.165) is 38.8 Å². The first-order chi connectivity index (χ1) is 14.6. The standard InChI is InChI=1S/C28H41NO/c1-6-22-14-10-15-23(7-2)26(22)28(30-20-21-13-12-18-29(5)19-21)27-24(8-3)16-11-17-25(27)9-4/h10-11,14-17,21,28H,6-9,12-13,18-20H2,1-5H3/t21-/m0/s1. The minimum absolute atomic E-state index is 0.0365. The topological polar surface area (TPSA) is 12.5 Å². The Labute approximate surface area is 184 Å². The number of ether oxygens (including phenoxy) is 1. The maximum atomic E-state index is 6.95. The molecule has 2 heteroatoms. The average molecular weight is 408 g/mol. The molecule has 3 rings (SSSR count). The van der Waals surface area contributed by atoms with Gasteiger partial charge in [0.05, 0.1) is 6.61 Å². The molecule has 0 aromatic heterocycles. The Hall–Kier alpha value is -1.64. The van der Waals surface area contributed by atoms with Crippen molar-refractivity contribution < 1.29 is 4.74 Å². The molecule has 0 spiro atoms. The monoisotopic (exact) mass is 407 g/mol. The summed E-state index contributed by atoms with van der Waals surface area (Å²) in [6.07, 6.45) is 6.79. The van der Waals surface area contributed by atoms with Gasteiger partial charge in [-0.3, -0.25) is 0 Å². The van der Waals surface area contributed by atoms with Gasteiger partial charge in [-0.2, -0.15) is 0 Å². The number of rotatable bonds is 9. The second-order valence-electron chi connectivity index (χ2n) is 8.88. The maximum absolute atomic E-state index is 6.95. The van der Waals surface area contributed by atoms with Crippen LogP contribution in [-0.4, -0.2) is 31.6 Å². The van der Waals surface area contributed by atoms with E-state index in [9.17, 15) is 0 Å². The molecule has 1 heterocycles. The van der Waals surface area contributed by atoms with Crippen LogP contribution in [0.5, 0.6) is 0 Å². The van der Waals surface area contributed by atoms with Crippen LogP contribution in [0.3, 0.4) is 0 Å². The molecular weight excluding hydrogens is 366 g/mol. The van der Waals surface area contributed by atoms with Gasteiger partial charge in [0.15, 0.2) is 0 Å². The summed E-state index contributed by atoms with van der Waals surface area (Å²) in [7, 11) is 2.24. The van der Waals surface area contributed by atoms with Crippen molar-refractivity contribution in [1.82, 2.24) is 4.90 Å². The highest BCUT2D eigenvalue weighted by Crippen LogP contribution is 2.37. The van der Waals surface area contributed by atoms with Crippen LogP contribution in [0.2, 0.25) is 0 Å². The van der Waals surface area contributed by atoms with Crippen molar-refractivity contribution in [3.8, 4) is 0 Å². The highest BCUT2D eigenvalue weighted by atomic mass is 16.5. The van der Waals surface area contributed by atoms with Gasteiger partial charge in [-0.1, -0.05) is 64.1 Å². The van der Waals surface area contributed by atoms with Gasteiger partial charge in [-0.05, 0) is 91.4 Å². The summed E-state index contributed by atoms with van der Waals surface area (Å²) < 4.78 is 6.95. The average Bonchev–Trinajstić information content (AvgIpc) is 2.79. The number of likely N-dealkylation sites (tertiary alicyclic amines) is 1. The molecule has 0 unspecified atom stereocenters. The van der Waals surface area contributed by atoms with Gasteiger partial charge in [0.1, 0.15) is 6.10 Å². The van der Waals surface area contributed by atoms with Gasteiger partial charge >= 0.3 is 0 Å². The summed E-state index contributed by atoms with van der Waals surface area (Å²) in [6, 6.07) is 13.7. The van der Waals surface area contributed by atoms with Crippen LogP contribution >= 0.6 is 0 Å². The first kappa shape index (κ1) is 23.0. The molecule has 1 saturated heterocycles. The zero-order valence-corrected chi connectivity index (χ0v) is 19.8. The number of hydrogen-bond acceptors (Lipinski definition) is 2. The van der Waals surface area contributed by atoms with Crippen molar-refractivity contribution in [3.63, 3.8) is 0 Å². The number of nitrogens with zero attached hydrogens (tertiary/aromatic N) is 1. The lowest BCUT2D eigenvalue weighted by Gasteiger charge is -2.33. The Balaban J connectivity index is 2.07. The first-order valence-electron chi connectivity index (χ1n) is 12.1. The Morgan fingerprint density at radius 2 is 1.30 bits per heavy atom. The third kappa shape index (κ3) is 5.15. The molecule has 1 aliphatic rings. The molecule has 2 aromatic rings. The summed E-state index contributed by atoms with van der Waals surface area (Å²) in [5, 5.41) is 0. The van der Waals surface area contributed by atoms with E-state index in [0.29, 0.717) is 5.92 Å². The lowest BCUT2D eigenvalue weighted by Crippen LogP contribution is -2.34. The van der Waals surface area contributed by atoms with Crippen LogP contribution in [-0.2, 0) is 30.4 Å². The molecule has 1 fully saturated rings. The fraction of sp³-hybridized carbons (Fsp3) is 0.571. The van der Waals surface area contributed by atoms with Gasteiger partial charge in [0.2, 0.25) is 0 Å². The number of piperidine rings is 1. The number of aryl methyl sites for hydroxylation is 4. The molecule has 0 radical (unpaired) electrons. The Morgan fingerprint density at radius 1 is 0.833 bits per heavy atom. The summed E-state index contributed by atoms with van der Waals surface area (Å²) in [4.78, 5) is 2.46. The Morgan fingerprint density at radius 3 is 1.70 bits per heavy atom. The van der Waals surface area contributed by atoms with E-state index in [-0.39, 0.29) is 6.10 Å². The summed E-state index contributed by atoms with van der Waals surface area (Å²) in [5.41, 5.74) is 8.62. The summed E-state index contributed by atoms with van der Waals surface area (Å²) >= 11 is 0. The van der Waals surface area contributed by atoms with Crippen molar-refractivity contribution in [2.24, 2.45) is 5.92 Å². The van der Waals surface area contributed by atoms with Gasteiger partial charge in [0, 0.05) is 6.54 Å². The minimum Gasteiger partial charge on any atom is -0.368 e. The molecule has 1 atom stereocenters. The van der Waals surface area contributed by atoms with Gasteiger partial charge in [0.25, 0.3) is 0 Å². The van der Waals surface area contributed by atoms with E-state index in [1.807, 2.05) is 0 Å². The highest BCUT2D eigenvalue weighted by molar-refractivity contribution is 5.47. The molecule has 1 aliphatic heterocycles. The van der Waals surface area contributed by atoms with Gasteiger partial charge < -0.3 is 9.64 Å². The molecule has 0 amide bonds. The molecule has 0 saturated carbocycles. The molecular formula is C28H41NO. The first-order valence-corrected chi connectivity index (χ1v) is 12.1. The quantitative estimate of drug-likeness (QED) is 0.478. The van der Waals surface area contributed by atoms with Crippen LogP contribution in [0.15, 0.2) is 36.4 Å². The van der Waals surface area contributed by atoms with Crippen LogP contribution in [0.1, 0.15) is 80.0 Å². The van der Waals surface area contributed by atoms with E-state index >= 15 is 0 Å². The van der Waals surface area contributed by atoms with E-state index in [1.54, 1.807) is 0 Å². The highest BCUT2D eigenvalue weighted by Gasteiger charge is 2.27. The van der Waals surface area contributed by atoms with Crippen molar-refractivity contribution in [3.05, 3.63) is 69.8 Å². The molecule has 2 aromatic carbocycles. The van der Waals surface area contributed by atoms with Crippen molar-refractivity contribution in [1.29, 1.82) is 0 Å². The molecule has 164 valence electrons. The lowest BCUT2D eigenvalue weighted by atomic mass is 9.84. The Kier molecular flexibility index (Phi) is 8.53. The molecule has 2 nitrogen and oxygen atoms in total. The summed E-state index contributed by atoms with van der Waals surface area (Å²) in [5.74, 6) is 0.629. The van der Waals surface area contributed by atoms with Crippen LogP contribution < -0.4 is 0 Å². The minimum atomic E-state index is 0.0365. The van der Waals surface area contributed by atoms with Gasteiger partial charge in [-0.25, -0.2) is 0 Å². The lowest BCUT2D eigenvalue weighted by molar-refractivity contribution is 0.0292. The van der Waals surface area contributed by atoms with Crippen molar-refractivity contribution >= 4 is 0 Å². The summed E-state index contributed by atoms with van der Waals surface area (Å²) in [6.45, 7) is 12.3. The fourth-order valence-electron chi connectivity index (χ4n) is 5.19. The van der Waals surface area contributed by atoms with Crippen LogP contribution in [0, 0.1) is 5.92 Å². The normalized spacial score (nSPS) is 17.6.